The molecule has 156 valence electrons. The van der Waals surface area contributed by atoms with E-state index in [9.17, 15) is 13.2 Å². The average molecular weight is 428 g/mol. The zero-order valence-electron chi connectivity index (χ0n) is 16.5. The molecule has 0 unspecified atom stereocenters. The van der Waals surface area contributed by atoms with Crippen LogP contribution in [0, 0.1) is 0 Å². The lowest BCUT2D eigenvalue weighted by Gasteiger charge is -2.31. The van der Waals surface area contributed by atoms with Crippen LogP contribution in [0.3, 0.4) is 0 Å². The molecular formula is C20H30ClN3O3S. The fourth-order valence-electron chi connectivity index (χ4n) is 3.88. The van der Waals surface area contributed by atoms with Crippen LogP contribution in [0.5, 0.6) is 0 Å². The highest BCUT2D eigenvalue weighted by Gasteiger charge is 2.29. The molecule has 0 spiro atoms. The molecule has 1 saturated carbocycles. The Morgan fingerprint density at radius 2 is 1.64 bits per heavy atom. The summed E-state index contributed by atoms with van der Waals surface area (Å²) in [4.78, 5) is 15.0. The van der Waals surface area contributed by atoms with Gasteiger partial charge in [0.2, 0.25) is 10.0 Å². The molecule has 1 amide bonds. The SMILES string of the molecule is CN1CCN(S(=O)(=O)c2ccc(Cl)c(C(=O)NC3CCCCCCC3)c2)CC1. The highest BCUT2D eigenvalue weighted by atomic mass is 35.5. The van der Waals surface area contributed by atoms with E-state index in [0.29, 0.717) is 26.2 Å². The summed E-state index contributed by atoms with van der Waals surface area (Å²) < 4.78 is 27.5. The predicted octanol–water partition coefficient (Wildman–Crippen LogP) is 3.12. The first kappa shape index (κ1) is 21.6. The Morgan fingerprint density at radius 3 is 2.29 bits per heavy atom. The van der Waals surface area contributed by atoms with Crippen LogP contribution in [-0.4, -0.2) is 62.8 Å². The van der Waals surface area contributed by atoms with Crippen LogP contribution in [0.2, 0.25) is 5.02 Å². The fourth-order valence-corrected chi connectivity index (χ4v) is 5.53. The molecule has 0 bridgehead atoms. The molecule has 3 rings (SSSR count). The molecule has 1 aromatic rings. The number of carbonyl (C=O) groups excluding carboxylic acids is 1. The van der Waals surface area contributed by atoms with Crippen molar-refractivity contribution >= 4 is 27.5 Å². The Bertz CT molecular complexity index is 784. The zero-order valence-corrected chi connectivity index (χ0v) is 18.1. The minimum Gasteiger partial charge on any atom is -0.349 e. The van der Waals surface area contributed by atoms with Gasteiger partial charge >= 0.3 is 0 Å². The number of rotatable bonds is 4. The number of nitrogens with zero attached hydrogens (tertiary/aromatic N) is 2. The van der Waals surface area contributed by atoms with E-state index < -0.39 is 10.0 Å². The van der Waals surface area contributed by atoms with Gasteiger partial charge < -0.3 is 10.2 Å². The summed E-state index contributed by atoms with van der Waals surface area (Å²) in [5.74, 6) is -0.286. The maximum atomic E-state index is 13.0. The molecule has 1 aromatic carbocycles. The summed E-state index contributed by atoms with van der Waals surface area (Å²) in [6.07, 6.45) is 7.80. The first-order valence-electron chi connectivity index (χ1n) is 10.2. The molecule has 0 aromatic heterocycles. The minimum atomic E-state index is -3.63. The third-order valence-corrected chi connectivity index (χ3v) is 7.95. The van der Waals surface area contributed by atoms with Gasteiger partial charge in [-0.15, -0.1) is 0 Å². The number of carbonyl (C=O) groups is 1. The predicted molar refractivity (Wildman–Crippen MR) is 111 cm³/mol. The van der Waals surface area contributed by atoms with Crippen molar-refractivity contribution in [1.29, 1.82) is 0 Å². The quantitative estimate of drug-likeness (QED) is 0.801. The minimum absolute atomic E-state index is 0.127. The van der Waals surface area contributed by atoms with Gasteiger partial charge in [-0.2, -0.15) is 4.31 Å². The van der Waals surface area contributed by atoms with Gasteiger partial charge in [-0.1, -0.05) is 43.7 Å². The van der Waals surface area contributed by atoms with Gasteiger partial charge in [0.1, 0.15) is 0 Å². The Morgan fingerprint density at radius 1 is 1.04 bits per heavy atom. The summed E-state index contributed by atoms with van der Waals surface area (Å²) in [7, 11) is -1.66. The first-order valence-corrected chi connectivity index (χ1v) is 12.0. The summed E-state index contributed by atoms with van der Waals surface area (Å²) in [5, 5.41) is 3.35. The van der Waals surface area contributed by atoms with Crippen molar-refractivity contribution in [3.8, 4) is 0 Å². The Kier molecular flexibility index (Phi) is 7.36. The number of halogens is 1. The Balaban J connectivity index is 1.75. The summed E-state index contributed by atoms with van der Waals surface area (Å²) >= 11 is 6.25. The molecule has 28 heavy (non-hydrogen) atoms. The average Bonchev–Trinajstić information content (AvgIpc) is 2.64. The molecule has 1 saturated heterocycles. The van der Waals surface area contributed by atoms with Crippen LogP contribution in [-0.2, 0) is 10.0 Å². The molecule has 2 aliphatic rings. The molecule has 1 heterocycles. The highest BCUT2D eigenvalue weighted by molar-refractivity contribution is 7.89. The molecule has 1 N–H and O–H groups in total. The molecule has 2 fully saturated rings. The number of piperazine rings is 1. The van der Waals surface area contributed by atoms with Crippen molar-refractivity contribution < 1.29 is 13.2 Å². The summed E-state index contributed by atoms with van der Waals surface area (Å²) in [6, 6.07) is 4.55. The Labute approximate surface area is 173 Å². The van der Waals surface area contributed by atoms with Gasteiger partial charge in [0, 0.05) is 32.2 Å². The second-order valence-corrected chi connectivity index (χ2v) is 10.2. The van der Waals surface area contributed by atoms with E-state index in [1.54, 1.807) is 0 Å². The van der Waals surface area contributed by atoms with E-state index in [1.165, 1.54) is 41.8 Å². The number of hydrogen-bond acceptors (Lipinski definition) is 4. The van der Waals surface area contributed by atoms with E-state index in [0.717, 1.165) is 25.7 Å². The number of sulfonamides is 1. The molecule has 0 atom stereocenters. The van der Waals surface area contributed by atoms with Crippen LogP contribution in [0.4, 0.5) is 0 Å². The van der Waals surface area contributed by atoms with E-state index in [4.69, 9.17) is 11.6 Å². The van der Waals surface area contributed by atoms with Gasteiger partial charge in [0.05, 0.1) is 15.5 Å². The van der Waals surface area contributed by atoms with Gasteiger partial charge in [-0.3, -0.25) is 4.79 Å². The molecular weight excluding hydrogens is 398 g/mol. The van der Waals surface area contributed by atoms with Crippen LogP contribution >= 0.6 is 11.6 Å². The molecule has 0 radical (unpaired) electrons. The van der Waals surface area contributed by atoms with E-state index in [2.05, 4.69) is 10.2 Å². The monoisotopic (exact) mass is 427 g/mol. The number of nitrogens with one attached hydrogen (secondary N) is 1. The van der Waals surface area contributed by atoms with Crippen molar-refractivity contribution in [2.24, 2.45) is 0 Å². The van der Waals surface area contributed by atoms with E-state index >= 15 is 0 Å². The topological polar surface area (TPSA) is 69.7 Å². The molecule has 1 aliphatic heterocycles. The molecule has 1 aliphatic carbocycles. The van der Waals surface area contributed by atoms with Crippen LogP contribution < -0.4 is 5.32 Å². The lowest BCUT2D eigenvalue weighted by Crippen LogP contribution is -2.47. The molecule has 8 heteroatoms. The lowest BCUT2D eigenvalue weighted by molar-refractivity contribution is 0.0930. The highest BCUT2D eigenvalue weighted by Crippen LogP contribution is 2.25. The van der Waals surface area contributed by atoms with Crippen molar-refractivity contribution in [1.82, 2.24) is 14.5 Å². The second-order valence-electron chi connectivity index (χ2n) is 7.86. The van der Waals surface area contributed by atoms with Gasteiger partial charge in [-0.25, -0.2) is 8.42 Å². The van der Waals surface area contributed by atoms with Gasteiger partial charge in [0.25, 0.3) is 5.91 Å². The largest absolute Gasteiger partial charge is 0.349 e. The van der Waals surface area contributed by atoms with E-state index in [-0.39, 0.29) is 27.4 Å². The van der Waals surface area contributed by atoms with E-state index in [1.807, 2.05) is 7.05 Å². The molecule has 6 nitrogen and oxygen atoms in total. The maximum Gasteiger partial charge on any atom is 0.253 e. The number of amides is 1. The van der Waals surface area contributed by atoms with Crippen molar-refractivity contribution in [3.63, 3.8) is 0 Å². The maximum absolute atomic E-state index is 13.0. The standard InChI is InChI=1S/C20H30ClN3O3S/c1-23-11-13-24(14-12-23)28(26,27)17-9-10-19(21)18(15-17)20(25)22-16-7-5-3-2-4-6-8-16/h9-10,15-16H,2-8,11-14H2,1H3,(H,22,25). The number of benzene rings is 1. The third kappa shape index (κ3) is 5.26. The van der Waals surface area contributed by atoms with Gasteiger partial charge in [-0.05, 0) is 38.1 Å². The van der Waals surface area contributed by atoms with Crippen LogP contribution in [0.25, 0.3) is 0 Å². The number of hydrogen-bond donors (Lipinski definition) is 1. The fraction of sp³-hybridized carbons (Fsp3) is 0.650. The third-order valence-electron chi connectivity index (χ3n) is 5.72. The summed E-state index contributed by atoms with van der Waals surface area (Å²) in [5.41, 5.74) is 0.235. The number of likely N-dealkylation sites (N-methyl/N-ethyl adjacent to an activating group) is 1. The summed E-state index contributed by atoms with van der Waals surface area (Å²) in [6.45, 7) is 2.29. The van der Waals surface area contributed by atoms with Crippen molar-refractivity contribution in [2.75, 3.05) is 33.2 Å². The van der Waals surface area contributed by atoms with Crippen LogP contribution in [0.1, 0.15) is 55.3 Å². The zero-order chi connectivity index (χ0) is 20.1. The van der Waals surface area contributed by atoms with Gasteiger partial charge in [0.15, 0.2) is 0 Å². The second kappa shape index (κ2) is 9.57. The first-order chi connectivity index (χ1) is 13.4. The smallest absolute Gasteiger partial charge is 0.253 e. The normalized spacial score (nSPS) is 21.1. The van der Waals surface area contributed by atoms with Crippen molar-refractivity contribution in [3.05, 3.63) is 28.8 Å². The van der Waals surface area contributed by atoms with Crippen LogP contribution in [0.15, 0.2) is 23.1 Å². The lowest BCUT2D eigenvalue weighted by atomic mass is 9.96. The Hall–Kier alpha value is -1.15. The van der Waals surface area contributed by atoms with Crippen molar-refractivity contribution in [2.45, 2.75) is 55.9 Å².